The lowest BCUT2D eigenvalue weighted by Gasteiger charge is -2.43. The second kappa shape index (κ2) is 10.3. The Bertz CT molecular complexity index is 950. The first-order valence-electron chi connectivity index (χ1n) is 12.4. The van der Waals surface area contributed by atoms with Crippen LogP contribution in [0.2, 0.25) is 0 Å². The van der Waals surface area contributed by atoms with Crippen molar-refractivity contribution in [1.29, 1.82) is 0 Å². The highest BCUT2D eigenvalue weighted by atomic mass is 16.3. The van der Waals surface area contributed by atoms with Gasteiger partial charge in [0.2, 0.25) is 0 Å². The van der Waals surface area contributed by atoms with Crippen LogP contribution in [0.4, 0.5) is 0 Å². The fourth-order valence-corrected chi connectivity index (χ4v) is 5.85. The lowest BCUT2D eigenvalue weighted by Crippen LogP contribution is -2.34. The minimum Gasteiger partial charge on any atom is -0.508 e. The van der Waals surface area contributed by atoms with Crippen LogP contribution in [0.25, 0.3) is 0 Å². The number of hydrogen-bond donors (Lipinski definition) is 3. The molecule has 1 atom stereocenters. The minimum absolute atomic E-state index is 0.110. The molecule has 0 spiro atoms. The summed E-state index contributed by atoms with van der Waals surface area (Å²) in [6.45, 7) is 2.25. The average molecular weight is 445 g/mol. The quantitative estimate of drug-likeness (QED) is 0.313. The van der Waals surface area contributed by atoms with Crippen molar-refractivity contribution >= 4 is 0 Å². The van der Waals surface area contributed by atoms with Gasteiger partial charge in [0.25, 0.3) is 0 Å². The van der Waals surface area contributed by atoms with E-state index in [1.165, 1.54) is 42.4 Å². The number of phenolic OH excluding ortho intramolecular Hbond substituents is 3. The molecule has 0 heterocycles. The van der Waals surface area contributed by atoms with E-state index in [-0.39, 0.29) is 16.9 Å². The Labute approximate surface area is 197 Å². The molecule has 0 radical (unpaired) electrons. The highest BCUT2D eigenvalue weighted by Gasteiger charge is 2.40. The Hall–Kier alpha value is -2.94. The van der Waals surface area contributed by atoms with Crippen LogP contribution in [0.5, 0.6) is 17.2 Å². The van der Waals surface area contributed by atoms with Gasteiger partial charge in [-0.05, 0) is 97.0 Å². The van der Waals surface area contributed by atoms with Gasteiger partial charge < -0.3 is 15.3 Å². The third kappa shape index (κ3) is 5.19. The van der Waals surface area contributed by atoms with E-state index in [0.29, 0.717) is 17.6 Å². The maximum absolute atomic E-state index is 9.86. The summed E-state index contributed by atoms with van der Waals surface area (Å²) < 4.78 is 0. The maximum atomic E-state index is 9.86. The smallest absolute Gasteiger partial charge is 0.115 e. The van der Waals surface area contributed by atoms with E-state index < -0.39 is 0 Å². The van der Waals surface area contributed by atoms with Crippen LogP contribution in [0, 0.1) is 5.92 Å². The van der Waals surface area contributed by atoms with Crippen molar-refractivity contribution in [3.8, 4) is 17.2 Å². The molecule has 0 bridgehead atoms. The van der Waals surface area contributed by atoms with Crippen LogP contribution in [-0.4, -0.2) is 15.3 Å². The maximum Gasteiger partial charge on any atom is 0.115 e. The Morgan fingerprint density at radius 1 is 0.697 bits per heavy atom. The van der Waals surface area contributed by atoms with Gasteiger partial charge in [0.1, 0.15) is 17.2 Å². The summed E-state index contributed by atoms with van der Waals surface area (Å²) in [5.74, 6) is 2.02. The lowest BCUT2D eigenvalue weighted by molar-refractivity contribution is 0.226. The van der Waals surface area contributed by atoms with E-state index >= 15 is 0 Å². The van der Waals surface area contributed by atoms with Gasteiger partial charge in [0, 0.05) is 5.41 Å². The van der Waals surface area contributed by atoms with Crippen LogP contribution in [0.3, 0.4) is 0 Å². The zero-order valence-electron chi connectivity index (χ0n) is 19.6. The van der Waals surface area contributed by atoms with Crippen molar-refractivity contribution in [2.24, 2.45) is 5.92 Å². The minimum atomic E-state index is -0.110. The molecular formula is C30H36O3. The molecule has 1 saturated carbocycles. The standard InChI is InChI=1S/C30H36O3/c1-2-3-4-5-29(22-6-12-26(31)13-7-22)23-18-20-30(21-19-23,24-8-14-27(32)15-9-24)25-10-16-28(33)17-11-25/h6-17,23,29,31-33H,2-5,18-21H2,1H3. The monoisotopic (exact) mass is 444 g/mol. The first kappa shape index (κ1) is 23.2. The normalized spacial score (nSPS) is 17.0. The van der Waals surface area contributed by atoms with Gasteiger partial charge in [-0.3, -0.25) is 0 Å². The molecule has 1 unspecified atom stereocenters. The molecule has 3 aromatic carbocycles. The summed E-state index contributed by atoms with van der Waals surface area (Å²) >= 11 is 0. The largest absolute Gasteiger partial charge is 0.508 e. The van der Waals surface area contributed by atoms with Crippen LogP contribution < -0.4 is 0 Å². The topological polar surface area (TPSA) is 60.7 Å². The molecule has 0 amide bonds. The molecule has 33 heavy (non-hydrogen) atoms. The highest BCUT2D eigenvalue weighted by molar-refractivity contribution is 5.43. The van der Waals surface area contributed by atoms with Gasteiger partial charge in [-0.1, -0.05) is 62.6 Å². The molecule has 3 heteroatoms. The van der Waals surface area contributed by atoms with Crippen LogP contribution in [0.15, 0.2) is 72.8 Å². The Balaban J connectivity index is 1.61. The molecule has 1 aliphatic rings. The number of hydrogen-bond acceptors (Lipinski definition) is 3. The van der Waals surface area contributed by atoms with Crippen LogP contribution in [0.1, 0.15) is 80.9 Å². The first-order valence-corrected chi connectivity index (χ1v) is 12.4. The predicted molar refractivity (Wildman–Crippen MR) is 134 cm³/mol. The molecule has 174 valence electrons. The molecule has 1 fully saturated rings. The van der Waals surface area contributed by atoms with Gasteiger partial charge in [0.15, 0.2) is 0 Å². The van der Waals surface area contributed by atoms with Gasteiger partial charge in [0.05, 0.1) is 0 Å². The molecule has 0 saturated heterocycles. The fourth-order valence-electron chi connectivity index (χ4n) is 5.85. The lowest BCUT2D eigenvalue weighted by atomic mass is 9.60. The van der Waals surface area contributed by atoms with E-state index in [9.17, 15) is 15.3 Å². The molecule has 1 aliphatic carbocycles. The van der Waals surface area contributed by atoms with Gasteiger partial charge in [-0.2, -0.15) is 0 Å². The third-order valence-electron chi connectivity index (χ3n) is 7.73. The number of aromatic hydroxyl groups is 3. The molecule has 4 rings (SSSR count). The fraction of sp³-hybridized carbons (Fsp3) is 0.400. The van der Waals surface area contributed by atoms with E-state index in [4.69, 9.17) is 0 Å². The molecule has 3 aromatic rings. The zero-order chi connectivity index (χ0) is 23.3. The molecule has 0 aliphatic heterocycles. The number of unbranched alkanes of at least 4 members (excludes halogenated alkanes) is 2. The third-order valence-corrected chi connectivity index (χ3v) is 7.73. The summed E-state index contributed by atoms with van der Waals surface area (Å²) in [5, 5.41) is 29.5. The Kier molecular flexibility index (Phi) is 7.27. The molecule has 0 aromatic heterocycles. The van der Waals surface area contributed by atoms with E-state index in [2.05, 4.69) is 43.3 Å². The summed E-state index contributed by atoms with van der Waals surface area (Å²) in [4.78, 5) is 0. The predicted octanol–water partition coefficient (Wildman–Crippen LogP) is 7.64. The highest BCUT2D eigenvalue weighted by Crippen LogP contribution is 2.50. The van der Waals surface area contributed by atoms with Crippen molar-refractivity contribution in [3.63, 3.8) is 0 Å². The summed E-state index contributed by atoms with van der Waals surface area (Å²) in [7, 11) is 0. The van der Waals surface area contributed by atoms with E-state index in [0.717, 1.165) is 25.7 Å². The summed E-state index contributed by atoms with van der Waals surface area (Å²) in [5.41, 5.74) is 3.70. The van der Waals surface area contributed by atoms with Crippen LogP contribution in [-0.2, 0) is 5.41 Å². The van der Waals surface area contributed by atoms with E-state index in [1.807, 2.05) is 12.1 Å². The second-order valence-electron chi connectivity index (χ2n) is 9.71. The van der Waals surface area contributed by atoms with Crippen molar-refractivity contribution in [3.05, 3.63) is 89.5 Å². The average Bonchev–Trinajstić information content (AvgIpc) is 2.84. The Morgan fingerprint density at radius 2 is 1.15 bits per heavy atom. The summed E-state index contributed by atoms with van der Waals surface area (Å²) in [6.07, 6.45) is 9.22. The van der Waals surface area contributed by atoms with Crippen molar-refractivity contribution in [2.45, 2.75) is 69.6 Å². The second-order valence-corrected chi connectivity index (χ2v) is 9.71. The number of phenols is 3. The van der Waals surface area contributed by atoms with E-state index in [1.54, 1.807) is 24.3 Å². The molecule has 3 N–H and O–H groups in total. The Morgan fingerprint density at radius 3 is 1.61 bits per heavy atom. The SMILES string of the molecule is CCCCCC(c1ccc(O)cc1)C1CCC(c2ccc(O)cc2)(c2ccc(O)cc2)CC1. The summed E-state index contributed by atoms with van der Waals surface area (Å²) in [6, 6.07) is 23.2. The van der Waals surface area contributed by atoms with Gasteiger partial charge in [-0.25, -0.2) is 0 Å². The van der Waals surface area contributed by atoms with Crippen molar-refractivity contribution < 1.29 is 15.3 Å². The van der Waals surface area contributed by atoms with Crippen molar-refractivity contribution in [1.82, 2.24) is 0 Å². The molecular weight excluding hydrogens is 408 g/mol. The van der Waals surface area contributed by atoms with Gasteiger partial charge in [-0.15, -0.1) is 0 Å². The molecule has 3 nitrogen and oxygen atoms in total. The number of benzene rings is 3. The van der Waals surface area contributed by atoms with Gasteiger partial charge >= 0.3 is 0 Å². The van der Waals surface area contributed by atoms with Crippen molar-refractivity contribution in [2.75, 3.05) is 0 Å². The zero-order valence-corrected chi connectivity index (χ0v) is 19.6. The number of rotatable bonds is 8. The van der Waals surface area contributed by atoms with Crippen LogP contribution >= 0.6 is 0 Å². The first-order chi connectivity index (χ1) is 16.0.